The molecule has 21 heavy (non-hydrogen) atoms. The van der Waals surface area contributed by atoms with Crippen LogP contribution in [0.5, 0.6) is 5.75 Å². The molecule has 0 bridgehead atoms. The fraction of sp³-hybridized carbons (Fsp3) is 0.438. The van der Waals surface area contributed by atoms with Gasteiger partial charge in [0, 0.05) is 24.3 Å². The molecule has 2 rings (SSSR count). The van der Waals surface area contributed by atoms with Gasteiger partial charge in [-0.1, -0.05) is 19.1 Å². The van der Waals surface area contributed by atoms with Crippen LogP contribution in [0.25, 0.3) is 0 Å². The predicted molar refractivity (Wildman–Crippen MR) is 82.2 cm³/mol. The van der Waals surface area contributed by atoms with Crippen molar-refractivity contribution in [3.05, 3.63) is 47.8 Å². The monoisotopic (exact) mass is 289 g/mol. The van der Waals surface area contributed by atoms with E-state index in [0.717, 1.165) is 24.3 Å². The molecule has 1 aromatic carbocycles. The molecule has 1 heterocycles. The van der Waals surface area contributed by atoms with Gasteiger partial charge in [-0.05, 0) is 24.1 Å². The topological polar surface area (TPSA) is 59.3 Å². The minimum Gasteiger partial charge on any atom is -0.497 e. The standard InChI is InChI=1S/C16H23N3O2/c1-3-16(14-4-6-15(21-2)7-5-14)17-10-13-11-18-19(12-13)8-9-20/h4-7,11-12,16-17,20H,3,8-10H2,1-2H3. The lowest BCUT2D eigenvalue weighted by Crippen LogP contribution is -2.20. The summed E-state index contributed by atoms with van der Waals surface area (Å²) in [5.74, 6) is 0.874. The summed E-state index contributed by atoms with van der Waals surface area (Å²) in [6.07, 6.45) is 4.81. The first-order valence-electron chi connectivity index (χ1n) is 7.26. The quantitative estimate of drug-likeness (QED) is 0.781. The maximum absolute atomic E-state index is 8.89. The van der Waals surface area contributed by atoms with Crippen LogP contribution in [0.4, 0.5) is 0 Å². The number of aromatic nitrogens is 2. The molecule has 0 radical (unpaired) electrons. The summed E-state index contributed by atoms with van der Waals surface area (Å²) in [4.78, 5) is 0. The Kier molecular flexibility index (Phi) is 5.78. The molecule has 2 aromatic rings. The van der Waals surface area contributed by atoms with Gasteiger partial charge in [-0.3, -0.25) is 4.68 Å². The van der Waals surface area contributed by atoms with Crippen LogP contribution in [0.15, 0.2) is 36.7 Å². The number of rotatable bonds is 8. The first-order chi connectivity index (χ1) is 10.3. The van der Waals surface area contributed by atoms with Crippen LogP contribution in [-0.2, 0) is 13.1 Å². The molecule has 0 aliphatic heterocycles. The summed E-state index contributed by atoms with van der Waals surface area (Å²) in [5.41, 5.74) is 2.37. The van der Waals surface area contributed by atoms with Crippen LogP contribution >= 0.6 is 0 Å². The van der Waals surface area contributed by atoms with E-state index >= 15 is 0 Å². The number of ether oxygens (including phenoxy) is 1. The first-order valence-corrected chi connectivity index (χ1v) is 7.26. The number of hydrogen-bond donors (Lipinski definition) is 2. The van der Waals surface area contributed by atoms with Gasteiger partial charge < -0.3 is 15.2 Å². The Hall–Kier alpha value is -1.85. The molecule has 114 valence electrons. The van der Waals surface area contributed by atoms with Crippen molar-refractivity contribution in [3.8, 4) is 5.75 Å². The van der Waals surface area contributed by atoms with Gasteiger partial charge in [-0.15, -0.1) is 0 Å². The van der Waals surface area contributed by atoms with Gasteiger partial charge in [-0.2, -0.15) is 5.10 Å². The van der Waals surface area contributed by atoms with Crippen LogP contribution in [0.1, 0.15) is 30.5 Å². The zero-order valence-corrected chi connectivity index (χ0v) is 12.6. The average Bonchev–Trinajstić information content (AvgIpc) is 2.96. The van der Waals surface area contributed by atoms with Gasteiger partial charge in [0.05, 0.1) is 26.5 Å². The van der Waals surface area contributed by atoms with E-state index in [9.17, 15) is 0 Å². The SMILES string of the molecule is CCC(NCc1cnn(CCO)c1)c1ccc(OC)cc1. The molecular formula is C16H23N3O2. The summed E-state index contributed by atoms with van der Waals surface area (Å²) < 4.78 is 6.94. The third-order valence-electron chi connectivity index (χ3n) is 3.49. The second kappa shape index (κ2) is 7.81. The van der Waals surface area contributed by atoms with Crippen molar-refractivity contribution >= 4 is 0 Å². The zero-order valence-electron chi connectivity index (χ0n) is 12.6. The molecule has 0 saturated heterocycles. The minimum atomic E-state index is 0.109. The highest BCUT2D eigenvalue weighted by Crippen LogP contribution is 2.20. The lowest BCUT2D eigenvalue weighted by atomic mass is 10.0. The molecule has 0 amide bonds. The first kappa shape index (κ1) is 15.5. The van der Waals surface area contributed by atoms with Crippen molar-refractivity contribution in [2.45, 2.75) is 32.5 Å². The summed E-state index contributed by atoms with van der Waals surface area (Å²) in [6.45, 7) is 3.57. The molecule has 1 atom stereocenters. The van der Waals surface area contributed by atoms with Crippen molar-refractivity contribution in [1.82, 2.24) is 15.1 Å². The van der Waals surface area contributed by atoms with E-state index in [1.54, 1.807) is 11.8 Å². The van der Waals surface area contributed by atoms with Crippen molar-refractivity contribution < 1.29 is 9.84 Å². The van der Waals surface area contributed by atoms with Gasteiger partial charge >= 0.3 is 0 Å². The van der Waals surface area contributed by atoms with Crippen molar-refractivity contribution in [2.75, 3.05) is 13.7 Å². The third-order valence-corrected chi connectivity index (χ3v) is 3.49. The van der Waals surface area contributed by atoms with E-state index in [0.29, 0.717) is 12.6 Å². The van der Waals surface area contributed by atoms with Crippen LogP contribution < -0.4 is 10.1 Å². The lowest BCUT2D eigenvalue weighted by Gasteiger charge is -2.17. The number of aliphatic hydroxyl groups excluding tert-OH is 1. The number of methoxy groups -OCH3 is 1. The van der Waals surface area contributed by atoms with Crippen LogP contribution in [0.2, 0.25) is 0 Å². The van der Waals surface area contributed by atoms with Crippen molar-refractivity contribution in [2.24, 2.45) is 0 Å². The number of nitrogens with zero attached hydrogens (tertiary/aromatic N) is 2. The second-order valence-corrected chi connectivity index (χ2v) is 4.95. The highest BCUT2D eigenvalue weighted by atomic mass is 16.5. The Bertz CT molecular complexity index is 537. The van der Waals surface area contributed by atoms with Crippen LogP contribution in [-0.4, -0.2) is 28.6 Å². The second-order valence-electron chi connectivity index (χ2n) is 4.95. The van der Waals surface area contributed by atoms with Crippen molar-refractivity contribution in [3.63, 3.8) is 0 Å². The van der Waals surface area contributed by atoms with E-state index in [2.05, 4.69) is 29.5 Å². The van der Waals surface area contributed by atoms with Gasteiger partial charge in [0.25, 0.3) is 0 Å². The Balaban J connectivity index is 1.94. The highest BCUT2D eigenvalue weighted by Gasteiger charge is 2.09. The Labute approximate surface area is 125 Å². The maximum Gasteiger partial charge on any atom is 0.118 e. The largest absolute Gasteiger partial charge is 0.497 e. The Morgan fingerprint density at radius 1 is 1.33 bits per heavy atom. The van der Waals surface area contributed by atoms with E-state index < -0.39 is 0 Å². The molecule has 1 aromatic heterocycles. The zero-order chi connectivity index (χ0) is 15.1. The fourth-order valence-corrected chi connectivity index (χ4v) is 2.30. The highest BCUT2D eigenvalue weighted by molar-refractivity contribution is 5.29. The van der Waals surface area contributed by atoms with Crippen molar-refractivity contribution in [1.29, 1.82) is 0 Å². The number of benzene rings is 1. The van der Waals surface area contributed by atoms with Gasteiger partial charge in [0.2, 0.25) is 0 Å². The van der Waals surface area contributed by atoms with Gasteiger partial charge in [-0.25, -0.2) is 0 Å². The molecule has 1 unspecified atom stereocenters. The van der Waals surface area contributed by atoms with E-state index in [-0.39, 0.29) is 6.61 Å². The normalized spacial score (nSPS) is 12.3. The number of nitrogens with one attached hydrogen (secondary N) is 1. The third kappa shape index (κ3) is 4.31. The summed E-state index contributed by atoms with van der Waals surface area (Å²) >= 11 is 0. The lowest BCUT2D eigenvalue weighted by molar-refractivity contribution is 0.269. The molecule has 0 fully saturated rings. The molecule has 0 spiro atoms. The van der Waals surface area contributed by atoms with E-state index in [1.807, 2.05) is 24.5 Å². The van der Waals surface area contributed by atoms with Gasteiger partial charge in [0.1, 0.15) is 5.75 Å². The summed E-state index contributed by atoms with van der Waals surface area (Å²) in [7, 11) is 1.68. The molecule has 0 aliphatic rings. The van der Waals surface area contributed by atoms with Crippen LogP contribution in [0.3, 0.4) is 0 Å². The minimum absolute atomic E-state index is 0.109. The molecule has 0 aliphatic carbocycles. The molecule has 2 N–H and O–H groups in total. The van der Waals surface area contributed by atoms with Gasteiger partial charge in [0.15, 0.2) is 0 Å². The Morgan fingerprint density at radius 3 is 2.71 bits per heavy atom. The summed E-state index contributed by atoms with van der Waals surface area (Å²) in [5, 5.41) is 16.6. The summed E-state index contributed by atoms with van der Waals surface area (Å²) in [6, 6.07) is 8.46. The number of aliphatic hydroxyl groups is 1. The maximum atomic E-state index is 8.89. The predicted octanol–water partition coefficient (Wildman–Crippen LogP) is 2.12. The Morgan fingerprint density at radius 2 is 2.10 bits per heavy atom. The van der Waals surface area contributed by atoms with E-state index in [1.165, 1.54) is 5.56 Å². The van der Waals surface area contributed by atoms with Crippen LogP contribution in [0, 0.1) is 0 Å². The smallest absolute Gasteiger partial charge is 0.118 e. The molecular weight excluding hydrogens is 266 g/mol. The number of hydrogen-bond acceptors (Lipinski definition) is 4. The average molecular weight is 289 g/mol. The molecule has 5 nitrogen and oxygen atoms in total. The van der Waals surface area contributed by atoms with E-state index in [4.69, 9.17) is 9.84 Å². The molecule has 0 saturated carbocycles. The fourth-order valence-electron chi connectivity index (χ4n) is 2.30. The molecule has 5 heteroatoms.